The third-order valence-electron chi connectivity index (χ3n) is 7.30. The maximum absolute atomic E-state index is 14.3. The zero-order valence-electron chi connectivity index (χ0n) is 22.1. The molecule has 2 aromatic carbocycles. The van der Waals surface area contributed by atoms with Gasteiger partial charge >= 0.3 is 0 Å². The first-order valence-electron chi connectivity index (χ1n) is 13.2. The lowest BCUT2D eigenvalue weighted by Crippen LogP contribution is -2.41. The molecule has 0 radical (unpaired) electrons. The number of benzene rings is 2. The van der Waals surface area contributed by atoms with E-state index in [4.69, 9.17) is 0 Å². The maximum Gasteiger partial charge on any atom is 0.254 e. The van der Waals surface area contributed by atoms with Crippen molar-refractivity contribution in [3.63, 3.8) is 0 Å². The third kappa shape index (κ3) is 6.55. The summed E-state index contributed by atoms with van der Waals surface area (Å²) in [5.74, 6) is -0.534. The van der Waals surface area contributed by atoms with Crippen LogP contribution in [0.3, 0.4) is 0 Å². The zero-order chi connectivity index (χ0) is 26.5. The Bertz CT molecular complexity index is 1150. The number of carbonyl (C=O) groups excluding carboxylic acids is 3. The summed E-state index contributed by atoms with van der Waals surface area (Å²) in [5.41, 5.74) is 2.74. The molecule has 0 bridgehead atoms. The summed E-state index contributed by atoms with van der Waals surface area (Å²) >= 11 is 0. The SMILES string of the molecule is CC(=O)N1CCCN(C(C)C)CCN(C(=O)c2cccc(CN3CCCC3=O)c2)Cc2ccc(F)cc21. The van der Waals surface area contributed by atoms with E-state index >= 15 is 0 Å². The number of rotatable bonds is 4. The highest BCUT2D eigenvalue weighted by atomic mass is 19.1. The number of amides is 3. The standard InChI is InChI=1S/C29H37FN4O3/c1-21(2)31-13-6-14-34(22(3)35)27-18-26(30)11-10-25(27)20-33(16-15-31)29(37)24-8-4-7-23(17-24)19-32-12-5-9-28(32)36/h4,7-8,10-11,17-18,21H,5-6,9,12-16,19-20H2,1-3H3. The van der Waals surface area contributed by atoms with Crippen LogP contribution >= 0.6 is 0 Å². The number of nitrogens with zero attached hydrogens (tertiary/aromatic N) is 4. The normalized spacial score (nSPS) is 17.6. The van der Waals surface area contributed by atoms with Crippen LogP contribution in [0.1, 0.15) is 61.5 Å². The molecule has 198 valence electrons. The van der Waals surface area contributed by atoms with Crippen molar-refractivity contribution < 1.29 is 18.8 Å². The van der Waals surface area contributed by atoms with E-state index in [-0.39, 0.29) is 30.3 Å². The Balaban J connectivity index is 1.65. The van der Waals surface area contributed by atoms with Crippen LogP contribution in [0.5, 0.6) is 0 Å². The minimum absolute atomic E-state index is 0.123. The summed E-state index contributed by atoms with van der Waals surface area (Å²) in [7, 11) is 0. The number of carbonyl (C=O) groups is 3. The molecule has 1 fully saturated rings. The monoisotopic (exact) mass is 508 g/mol. The Labute approximate surface area is 218 Å². The Morgan fingerprint density at radius 1 is 0.973 bits per heavy atom. The molecule has 2 aromatic rings. The predicted octanol–water partition coefficient (Wildman–Crippen LogP) is 4.06. The summed E-state index contributed by atoms with van der Waals surface area (Å²) in [5, 5.41) is 0. The van der Waals surface area contributed by atoms with Gasteiger partial charge < -0.3 is 14.7 Å². The molecule has 0 aromatic heterocycles. The lowest BCUT2D eigenvalue weighted by atomic mass is 10.1. The van der Waals surface area contributed by atoms with E-state index in [0.717, 1.165) is 37.1 Å². The van der Waals surface area contributed by atoms with Gasteiger partial charge in [-0.25, -0.2) is 4.39 Å². The Hall–Kier alpha value is -3.26. The summed E-state index contributed by atoms with van der Waals surface area (Å²) in [6.07, 6.45) is 2.20. The molecule has 3 amide bonds. The lowest BCUT2D eigenvalue weighted by Gasteiger charge is -2.30. The van der Waals surface area contributed by atoms with Gasteiger partial charge in [0, 0.05) is 70.8 Å². The fourth-order valence-electron chi connectivity index (χ4n) is 5.21. The first kappa shape index (κ1) is 26.8. The molecule has 2 heterocycles. The molecule has 0 atom stereocenters. The van der Waals surface area contributed by atoms with Crippen molar-refractivity contribution in [2.75, 3.05) is 37.6 Å². The third-order valence-corrected chi connectivity index (χ3v) is 7.30. The smallest absolute Gasteiger partial charge is 0.254 e. The van der Waals surface area contributed by atoms with Gasteiger partial charge in [-0.2, -0.15) is 0 Å². The average Bonchev–Trinajstić information content (AvgIpc) is 3.25. The van der Waals surface area contributed by atoms with Crippen molar-refractivity contribution in [1.82, 2.24) is 14.7 Å². The van der Waals surface area contributed by atoms with Crippen LogP contribution in [0.15, 0.2) is 42.5 Å². The fraction of sp³-hybridized carbons (Fsp3) is 0.483. The summed E-state index contributed by atoms with van der Waals surface area (Å²) in [6.45, 7) is 9.71. The van der Waals surface area contributed by atoms with Gasteiger partial charge in [-0.1, -0.05) is 18.2 Å². The van der Waals surface area contributed by atoms with E-state index in [2.05, 4.69) is 18.7 Å². The highest BCUT2D eigenvalue weighted by molar-refractivity contribution is 5.95. The second-order valence-electron chi connectivity index (χ2n) is 10.3. The molecule has 1 saturated heterocycles. The van der Waals surface area contributed by atoms with Gasteiger partial charge in [0.25, 0.3) is 5.91 Å². The van der Waals surface area contributed by atoms with Crippen LogP contribution in [0.2, 0.25) is 0 Å². The van der Waals surface area contributed by atoms with Crippen molar-refractivity contribution in [2.45, 2.75) is 59.2 Å². The summed E-state index contributed by atoms with van der Waals surface area (Å²) < 4.78 is 14.3. The number of halogens is 1. The molecule has 2 aliphatic heterocycles. The van der Waals surface area contributed by atoms with E-state index in [1.54, 1.807) is 21.9 Å². The van der Waals surface area contributed by atoms with Gasteiger partial charge in [-0.3, -0.25) is 19.3 Å². The average molecular weight is 509 g/mol. The lowest BCUT2D eigenvalue weighted by molar-refractivity contribution is -0.128. The molecular formula is C29H37FN4O3. The largest absolute Gasteiger partial charge is 0.338 e. The second kappa shape index (κ2) is 11.9. The van der Waals surface area contributed by atoms with E-state index in [0.29, 0.717) is 43.9 Å². The van der Waals surface area contributed by atoms with Gasteiger partial charge in [0.05, 0.1) is 5.69 Å². The van der Waals surface area contributed by atoms with Crippen LogP contribution in [0.4, 0.5) is 10.1 Å². The first-order valence-corrected chi connectivity index (χ1v) is 13.2. The van der Waals surface area contributed by atoms with Gasteiger partial charge in [-0.05, 0) is 62.1 Å². The maximum atomic E-state index is 14.3. The minimum Gasteiger partial charge on any atom is -0.338 e. The van der Waals surface area contributed by atoms with Gasteiger partial charge in [0.1, 0.15) is 5.82 Å². The van der Waals surface area contributed by atoms with E-state index < -0.39 is 5.82 Å². The van der Waals surface area contributed by atoms with E-state index in [1.165, 1.54) is 19.1 Å². The van der Waals surface area contributed by atoms with Gasteiger partial charge in [0.2, 0.25) is 11.8 Å². The fourth-order valence-corrected chi connectivity index (χ4v) is 5.21. The van der Waals surface area contributed by atoms with E-state index in [1.807, 2.05) is 23.1 Å². The molecular weight excluding hydrogens is 471 g/mol. The topological polar surface area (TPSA) is 64.2 Å². The van der Waals surface area contributed by atoms with Crippen molar-refractivity contribution in [3.05, 3.63) is 65.0 Å². The Morgan fingerprint density at radius 3 is 2.49 bits per heavy atom. The van der Waals surface area contributed by atoms with Gasteiger partial charge in [0.15, 0.2) is 0 Å². The van der Waals surface area contributed by atoms with Crippen molar-refractivity contribution in [1.29, 1.82) is 0 Å². The molecule has 2 aliphatic rings. The van der Waals surface area contributed by atoms with Crippen LogP contribution in [0.25, 0.3) is 0 Å². The van der Waals surface area contributed by atoms with Crippen LogP contribution < -0.4 is 4.90 Å². The molecule has 8 heteroatoms. The van der Waals surface area contributed by atoms with E-state index in [9.17, 15) is 18.8 Å². The highest BCUT2D eigenvalue weighted by Crippen LogP contribution is 2.26. The number of hydrogen-bond acceptors (Lipinski definition) is 4. The van der Waals surface area contributed by atoms with Crippen molar-refractivity contribution in [3.8, 4) is 0 Å². The molecule has 0 aliphatic carbocycles. The molecule has 0 spiro atoms. The number of fused-ring (bicyclic) bond motifs is 1. The Morgan fingerprint density at radius 2 is 1.78 bits per heavy atom. The zero-order valence-corrected chi connectivity index (χ0v) is 22.1. The first-order chi connectivity index (χ1) is 17.7. The van der Waals surface area contributed by atoms with Gasteiger partial charge in [-0.15, -0.1) is 0 Å². The number of hydrogen-bond donors (Lipinski definition) is 0. The second-order valence-corrected chi connectivity index (χ2v) is 10.3. The molecule has 4 rings (SSSR count). The van der Waals surface area contributed by atoms with Crippen LogP contribution in [0, 0.1) is 5.82 Å². The molecule has 0 saturated carbocycles. The van der Waals surface area contributed by atoms with Crippen LogP contribution in [-0.2, 0) is 22.7 Å². The summed E-state index contributed by atoms with van der Waals surface area (Å²) in [6, 6.07) is 12.2. The minimum atomic E-state index is -0.411. The predicted molar refractivity (Wildman–Crippen MR) is 142 cm³/mol. The number of anilines is 1. The molecule has 0 unspecified atom stereocenters. The number of likely N-dealkylation sites (tertiary alicyclic amines) is 1. The quantitative estimate of drug-likeness (QED) is 0.625. The molecule has 7 nitrogen and oxygen atoms in total. The van der Waals surface area contributed by atoms with Crippen molar-refractivity contribution in [2.24, 2.45) is 0 Å². The molecule has 0 N–H and O–H groups in total. The Kier molecular flexibility index (Phi) is 8.59. The molecule has 37 heavy (non-hydrogen) atoms. The van der Waals surface area contributed by atoms with Crippen molar-refractivity contribution >= 4 is 23.4 Å². The summed E-state index contributed by atoms with van der Waals surface area (Å²) in [4.78, 5) is 46.1. The van der Waals surface area contributed by atoms with Crippen LogP contribution in [-0.4, -0.2) is 71.2 Å². The highest BCUT2D eigenvalue weighted by Gasteiger charge is 2.25.